The van der Waals surface area contributed by atoms with E-state index < -0.39 is 0 Å². The maximum absolute atomic E-state index is 6.03. The van der Waals surface area contributed by atoms with Crippen LogP contribution >= 0.6 is 0 Å². The minimum absolute atomic E-state index is 0.170. The Hall–Kier alpha value is -1.68. The molecule has 0 spiro atoms. The number of rotatable bonds is 3. The van der Waals surface area contributed by atoms with Crippen molar-refractivity contribution in [3.05, 3.63) is 42.2 Å². The van der Waals surface area contributed by atoms with Crippen LogP contribution in [0.15, 0.2) is 36.7 Å². The molecule has 3 rings (SSSR count). The summed E-state index contributed by atoms with van der Waals surface area (Å²) in [7, 11) is 0. The third-order valence-electron chi connectivity index (χ3n) is 4.06. The summed E-state index contributed by atoms with van der Waals surface area (Å²) in [5, 5.41) is 8.35. The normalized spacial score (nSPS) is 18.1. The molecule has 1 aromatic carbocycles. The van der Waals surface area contributed by atoms with E-state index in [0.717, 1.165) is 12.2 Å². The summed E-state index contributed by atoms with van der Waals surface area (Å²) in [6.45, 7) is 0.725. The summed E-state index contributed by atoms with van der Waals surface area (Å²) in [6, 6.07) is 8.47. The molecule has 1 aliphatic carbocycles. The second-order valence-corrected chi connectivity index (χ2v) is 5.06. The number of aromatic nitrogens is 3. The lowest BCUT2D eigenvalue weighted by atomic mass is 9.79. The van der Waals surface area contributed by atoms with Crippen LogP contribution in [0.25, 0.3) is 5.69 Å². The standard InChI is InChI=1S/C14H18N4/c15-11-14(6-1-2-7-14)12-4-3-5-13(10-12)18-16-8-9-17-18/h3-5,8-10H,1-2,6-7,11,15H2. The molecule has 0 atom stereocenters. The summed E-state index contributed by atoms with van der Waals surface area (Å²) in [6.07, 6.45) is 8.34. The summed E-state index contributed by atoms with van der Waals surface area (Å²) >= 11 is 0. The molecule has 0 saturated heterocycles. The van der Waals surface area contributed by atoms with Gasteiger partial charge in [0, 0.05) is 12.0 Å². The molecule has 4 nitrogen and oxygen atoms in total. The van der Waals surface area contributed by atoms with Crippen LogP contribution in [0.2, 0.25) is 0 Å². The van der Waals surface area contributed by atoms with Crippen LogP contribution < -0.4 is 5.73 Å². The van der Waals surface area contributed by atoms with Gasteiger partial charge in [-0.3, -0.25) is 0 Å². The van der Waals surface area contributed by atoms with Crippen molar-refractivity contribution < 1.29 is 0 Å². The molecule has 18 heavy (non-hydrogen) atoms. The van der Waals surface area contributed by atoms with Crippen LogP contribution in [-0.4, -0.2) is 21.5 Å². The maximum atomic E-state index is 6.03. The zero-order valence-electron chi connectivity index (χ0n) is 10.4. The highest BCUT2D eigenvalue weighted by Gasteiger charge is 2.34. The lowest BCUT2D eigenvalue weighted by Crippen LogP contribution is -2.32. The van der Waals surface area contributed by atoms with Crippen molar-refractivity contribution in [1.29, 1.82) is 0 Å². The fourth-order valence-corrected chi connectivity index (χ4v) is 2.97. The predicted octanol–water partition coefficient (Wildman–Crippen LogP) is 2.04. The van der Waals surface area contributed by atoms with E-state index in [9.17, 15) is 0 Å². The third kappa shape index (κ3) is 1.82. The number of nitrogens with zero attached hydrogens (tertiary/aromatic N) is 3. The molecule has 2 aromatic rings. The fraction of sp³-hybridized carbons (Fsp3) is 0.429. The number of hydrogen-bond donors (Lipinski definition) is 1. The molecule has 0 aliphatic heterocycles. The van der Waals surface area contributed by atoms with Gasteiger partial charge in [-0.05, 0) is 30.5 Å². The average Bonchev–Trinajstić information content (AvgIpc) is 3.11. The molecule has 0 radical (unpaired) electrons. The largest absolute Gasteiger partial charge is 0.330 e. The quantitative estimate of drug-likeness (QED) is 0.896. The van der Waals surface area contributed by atoms with Crippen molar-refractivity contribution in [3.63, 3.8) is 0 Å². The highest BCUT2D eigenvalue weighted by Crippen LogP contribution is 2.40. The van der Waals surface area contributed by atoms with Crippen LogP contribution in [0, 0.1) is 0 Å². The topological polar surface area (TPSA) is 56.7 Å². The van der Waals surface area contributed by atoms with E-state index in [4.69, 9.17) is 5.73 Å². The van der Waals surface area contributed by atoms with Gasteiger partial charge in [-0.1, -0.05) is 25.0 Å². The Morgan fingerprint density at radius 2 is 1.89 bits per heavy atom. The van der Waals surface area contributed by atoms with Gasteiger partial charge < -0.3 is 5.73 Å². The highest BCUT2D eigenvalue weighted by atomic mass is 15.5. The number of benzene rings is 1. The van der Waals surface area contributed by atoms with Crippen molar-refractivity contribution >= 4 is 0 Å². The molecule has 1 saturated carbocycles. The minimum Gasteiger partial charge on any atom is -0.330 e. The number of hydrogen-bond acceptors (Lipinski definition) is 3. The first kappa shape index (κ1) is 11.4. The van der Waals surface area contributed by atoms with Crippen molar-refractivity contribution in [2.24, 2.45) is 5.73 Å². The maximum Gasteiger partial charge on any atom is 0.0859 e. The lowest BCUT2D eigenvalue weighted by molar-refractivity contribution is 0.452. The first-order valence-electron chi connectivity index (χ1n) is 6.51. The lowest BCUT2D eigenvalue weighted by Gasteiger charge is -2.28. The average molecular weight is 242 g/mol. The van der Waals surface area contributed by atoms with Crippen molar-refractivity contribution in [1.82, 2.24) is 15.0 Å². The van der Waals surface area contributed by atoms with Crippen LogP contribution in [0.3, 0.4) is 0 Å². The second-order valence-electron chi connectivity index (χ2n) is 5.06. The zero-order chi connectivity index (χ0) is 12.4. The van der Waals surface area contributed by atoms with Crippen LogP contribution in [-0.2, 0) is 5.41 Å². The van der Waals surface area contributed by atoms with E-state index in [-0.39, 0.29) is 5.41 Å². The van der Waals surface area contributed by atoms with Crippen molar-refractivity contribution in [3.8, 4) is 5.69 Å². The van der Waals surface area contributed by atoms with Gasteiger partial charge in [-0.25, -0.2) is 0 Å². The molecule has 1 heterocycles. The second kappa shape index (κ2) is 4.53. The van der Waals surface area contributed by atoms with E-state index >= 15 is 0 Å². The van der Waals surface area contributed by atoms with E-state index in [2.05, 4.69) is 28.4 Å². The molecule has 1 aromatic heterocycles. The smallest absolute Gasteiger partial charge is 0.0859 e. The Balaban J connectivity index is 2.00. The molecule has 0 bridgehead atoms. The molecule has 1 fully saturated rings. The summed E-state index contributed by atoms with van der Waals surface area (Å²) < 4.78 is 0. The SMILES string of the molecule is NCC1(c2cccc(-n3nccn3)c2)CCCC1. The molecule has 4 heteroatoms. The third-order valence-corrected chi connectivity index (χ3v) is 4.06. The Labute approximate surface area is 107 Å². The monoisotopic (exact) mass is 242 g/mol. The van der Waals surface area contributed by atoms with Crippen molar-refractivity contribution in [2.75, 3.05) is 6.54 Å². The Morgan fingerprint density at radius 3 is 2.56 bits per heavy atom. The molecular weight excluding hydrogens is 224 g/mol. The van der Waals surface area contributed by atoms with E-state index in [0.29, 0.717) is 0 Å². The minimum atomic E-state index is 0.170. The Kier molecular flexibility index (Phi) is 2.88. The fourth-order valence-electron chi connectivity index (χ4n) is 2.97. The van der Waals surface area contributed by atoms with E-state index in [1.165, 1.54) is 31.2 Å². The van der Waals surface area contributed by atoms with Gasteiger partial charge in [0.2, 0.25) is 0 Å². The molecule has 1 aliphatic rings. The Morgan fingerprint density at radius 1 is 1.17 bits per heavy atom. The number of nitrogens with two attached hydrogens (primary N) is 1. The predicted molar refractivity (Wildman–Crippen MR) is 70.6 cm³/mol. The van der Waals surface area contributed by atoms with Gasteiger partial charge in [0.25, 0.3) is 0 Å². The first-order valence-corrected chi connectivity index (χ1v) is 6.51. The Bertz CT molecular complexity index is 512. The van der Waals surface area contributed by atoms with Gasteiger partial charge in [-0.15, -0.1) is 0 Å². The zero-order valence-corrected chi connectivity index (χ0v) is 10.4. The van der Waals surface area contributed by atoms with E-state index in [1.54, 1.807) is 17.2 Å². The molecule has 0 unspecified atom stereocenters. The van der Waals surface area contributed by atoms with Crippen LogP contribution in [0.5, 0.6) is 0 Å². The van der Waals surface area contributed by atoms with Gasteiger partial charge >= 0.3 is 0 Å². The molecule has 2 N–H and O–H groups in total. The summed E-state index contributed by atoms with van der Waals surface area (Å²) in [4.78, 5) is 1.66. The van der Waals surface area contributed by atoms with Gasteiger partial charge in [-0.2, -0.15) is 15.0 Å². The summed E-state index contributed by atoms with van der Waals surface area (Å²) in [5.41, 5.74) is 8.54. The molecule has 0 amide bonds. The van der Waals surface area contributed by atoms with Crippen LogP contribution in [0.1, 0.15) is 31.2 Å². The van der Waals surface area contributed by atoms with Crippen LogP contribution in [0.4, 0.5) is 0 Å². The summed E-state index contributed by atoms with van der Waals surface area (Å²) in [5.74, 6) is 0. The highest BCUT2D eigenvalue weighted by molar-refractivity contribution is 5.38. The van der Waals surface area contributed by atoms with Gasteiger partial charge in [0.05, 0.1) is 18.1 Å². The molecule has 94 valence electrons. The first-order chi connectivity index (χ1) is 8.84. The van der Waals surface area contributed by atoms with Crippen molar-refractivity contribution in [2.45, 2.75) is 31.1 Å². The van der Waals surface area contributed by atoms with Gasteiger partial charge in [0.15, 0.2) is 0 Å². The van der Waals surface area contributed by atoms with E-state index in [1.807, 2.05) is 6.07 Å². The van der Waals surface area contributed by atoms with Gasteiger partial charge in [0.1, 0.15) is 0 Å². The molecular formula is C14H18N4.